The predicted octanol–water partition coefficient (Wildman–Crippen LogP) is 6.90. The molecule has 1 rings (SSSR count). The largest absolute Gasteiger partial charge is 0.467 e. The van der Waals surface area contributed by atoms with E-state index >= 15 is 0 Å². The quantitative estimate of drug-likeness (QED) is 0.346. The van der Waals surface area contributed by atoms with Gasteiger partial charge in [0.25, 0.3) is 0 Å². The Bertz CT molecular complexity index is 519. The second kappa shape index (κ2) is 9.41. The number of hydrogen-bond donors (Lipinski definition) is 0. The van der Waals surface area contributed by atoms with Crippen LogP contribution < -0.4 is 4.74 Å². The van der Waals surface area contributed by atoms with Crippen LogP contribution in [0, 0.1) is 6.92 Å². The first kappa shape index (κ1) is 21.7. The van der Waals surface area contributed by atoms with Crippen molar-refractivity contribution in [3.63, 3.8) is 0 Å². The molecule has 0 bridgehead atoms. The Morgan fingerprint density at radius 3 is 2.29 bits per heavy atom. The van der Waals surface area contributed by atoms with Gasteiger partial charge in [-0.1, -0.05) is 70.8 Å². The van der Waals surface area contributed by atoms with Crippen molar-refractivity contribution in [2.24, 2.45) is 0 Å². The molecule has 1 aromatic rings. The molecule has 1 aromatic carbocycles. The van der Waals surface area contributed by atoms with Crippen LogP contribution in [-0.2, 0) is 15.3 Å². The van der Waals surface area contributed by atoms with Crippen LogP contribution in [0.25, 0.3) is 0 Å². The summed E-state index contributed by atoms with van der Waals surface area (Å²) in [6, 6.07) is 4.57. The van der Waals surface area contributed by atoms with Crippen molar-refractivity contribution in [2.45, 2.75) is 77.8 Å². The second-order valence-electron chi connectivity index (χ2n) is 7.60. The van der Waals surface area contributed by atoms with Crippen molar-refractivity contribution in [1.82, 2.24) is 0 Å². The Morgan fingerprint density at radius 2 is 1.83 bits per heavy atom. The standard InChI is InChI=1S/C20H34ClO2P/c1-8-10-11-20(9-2,24-21)17-13-16(19(4,5)6)12-15(3)18(17)23-14-22-7/h12-13,24H,8-11,14H2,1-7H3. The molecule has 2 atom stereocenters. The molecule has 0 saturated carbocycles. The minimum Gasteiger partial charge on any atom is -0.467 e. The smallest absolute Gasteiger partial charge is 0.188 e. The normalized spacial score (nSPS) is 15.0. The first-order chi connectivity index (χ1) is 11.3. The van der Waals surface area contributed by atoms with Crippen molar-refractivity contribution in [3.8, 4) is 5.75 Å². The number of hydrogen-bond acceptors (Lipinski definition) is 2. The van der Waals surface area contributed by atoms with Crippen molar-refractivity contribution >= 4 is 19.2 Å². The monoisotopic (exact) mass is 372 g/mol. The number of rotatable bonds is 9. The number of methoxy groups -OCH3 is 1. The number of halogens is 1. The minimum absolute atomic E-state index is 0.0212. The number of benzene rings is 1. The maximum Gasteiger partial charge on any atom is 0.188 e. The Labute approximate surface area is 155 Å². The third-order valence-electron chi connectivity index (χ3n) is 4.72. The van der Waals surface area contributed by atoms with Gasteiger partial charge in [-0.2, -0.15) is 0 Å². The summed E-state index contributed by atoms with van der Waals surface area (Å²) in [6.07, 6.45) is 4.47. The fourth-order valence-corrected chi connectivity index (χ4v) is 4.70. The molecule has 24 heavy (non-hydrogen) atoms. The van der Waals surface area contributed by atoms with Gasteiger partial charge in [0.05, 0.1) is 0 Å². The van der Waals surface area contributed by atoms with Gasteiger partial charge in [0, 0.05) is 17.8 Å². The summed E-state index contributed by atoms with van der Waals surface area (Å²) < 4.78 is 11.2. The summed E-state index contributed by atoms with van der Waals surface area (Å²) in [5.41, 5.74) is 3.86. The highest BCUT2D eigenvalue weighted by Crippen LogP contribution is 2.54. The Kier molecular flexibility index (Phi) is 8.53. The SMILES string of the molecule is CCCCC(CC)(PCl)c1cc(C(C)(C)C)cc(C)c1OCOC. The first-order valence-corrected chi connectivity index (χ1v) is 10.9. The topological polar surface area (TPSA) is 18.5 Å². The number of unbranched alkanes of at least 4 members (excludes halogenated alkanes) is 1. The zero-order valence-electron chi connectivity index (χ0n) is 16.4. The summed E-state index contributed by atoms with van der Waals surface area (Å²) in [4.78, 5) is 0. The van der Waals surface area contributed by atoms with E-state index in [1.165, 1.54) is 29.5 Å². The maximum absolute atomic E-state index is 6.56. The molecule has 0 aliphatic carbocycles. The molecule has 0 amide bonds. The molecule has 0 N–H and O–H groups in total. The third-order valence-corrected chi connectivity index (χ3v) is 7.04. The lowest BCUT2D eigenvalue weighted by Gasteiger charge is -2.35. The van der Waals surface area contributed by atoms with Crippen LogP contribution in [0.3, 0.4) is 0 Å². The lowest BCUT2D eigenvalue weighted by molar-refractivity contribution is 0.0493. The van der Waals surface area contributed by atoms with Crippen molar-refractivity contribution in [1.29, 1.82) is 0 Å². The van der Waals surface area contributed by atoms with E-state index in [1.807, 2.05) is 0 Å². The molecule has 0 heterocycles. The molecule has 4 heteroatoms. The summed E-state index contributed by atoms with van der Waals surface area (Å²) in [5, 5.41) is -0.0212. The van der Waals surface area contributed by atoms with E-state index in [1.54, 1.807) is 7.11 Å². The van der Waals surface area contributed by atoms with Crippen molar-refractivity contribution < 1.29 is 9.47 Å². The Balaban J connectivity index is 3.55. The highest BCUT2D eigenvalue weighted by molar-refractivity contribution is 7.69. The Hall–Kier alpha value is -0.300. The van der Waals surface area contributed by atoms with Crippen LogP contribution in [0.2, 0.25) is 0 Å². The summed E-state index contributed by atoms with van der Waals surface area (Å²) >= 11 is 6.56. The fraction of sp³-hybridized carbons (Fsp3) is 0.700. The first-order valence-electron chi connectivity index (χ1n) is 8.90. The molecule has 0 aliphatic heterocycles. The molecule has 2 unspecified atom stereocenters. The molecule has 138 valence electrons. The van der Waals surface area contributed by atoms with Crippen molar-refractivity contribution in [3.05, 3.63) is 28.8 Å². The average molecular weight is 373 g/mol. The molecule has 2 nitrogen and oxygen atoms in total. The van der Waals surface area contributed by atoms with Crippen LogP contribution in [0.5, 0.6) is 5.75 Å². The lowest BCUT2D eigenvalue weighted by Crippen LogP contribution is -2.23. The number of aryl methyl sites for hydroxylation is 1. The van der Waals surface area contributed by atoms with E-state index in [-0.39, 0.29) is 17.4 Å². The van der Waals surface area contributed by atoms with Gasteiger partial charge in [0.1, 0.15) is 5.75 Å². The lowest BCUT2D eigenvalue weighted by atomic mass is 9.81. The summed E-state index contributed by atoms with van der Waals surface area (Å²) in [5.74, 6) is 0.955. The van der Waals surface area contributed by atoms with Crippen LogP contribution in [0.1, 0.15) is 77.0 Å². The van der Waals surface area contributed by atoms with Gasteiger partial charge in [-0.15, -0.1) is 0 Å². The molecule has 0 radical (unpaired) electrons. The minimum atomic E-state index is -0.0212. The van der Waals surface area contributed by atoms with Crippen molar-refractivity contribution in [2.75, 3.05) is 13.9 Å². The van der Waals surface area contributed by atoms with Gasteiger partial charge in [0.2, 0.25) is 0 Å². The van der Waals surface area contributed by atoms with Gasteiger partial charge in [0.15, 0.2) is 6.79 Å². The summed E-state index contributed by atoms with van der Waals surface area (Å²) in [7, 11) is 1.99. The third kappa shape index (κ3) is 5.10. The zero-order valence-corrected chi connectivity index (χ0v) is 18.1. The molecule has 0 saturated heterocycles. The Morgan fingerprint density at radius 1 is 1.17 bits per heavy atom. The second-order valence-corrected chi connectivity index (χ2v) is 9.32. The van der Waals surface area contributed by atoms with E-state index in [0.29, 0.717) is 7.93 Å². The van der Waals surface area contributed by atoms with Gasteiger partial charge in [-0.25, -0.2) is 0 Å². The molecular weight excluding hydrogens is 339 g/mol. The van der Waals surface area contributed by atoms with Crippen LogP contribution in [0.15, 0.2) is 12.1 Å². The van der Waals surface area contributed by atoms with Gasteiger partial charge >= 0.3 is 0 Å². The van der Waals surface area contributed by atoms with Gasteiger partial charge in [-0.3, -0.25) is 0 Å². The van der Waals surface area contributed by atoms with E-state index in [9.17, 15) is 0 Å². The predicted molar refractivity (Wildman–Crippen MR) is 108 cm³/mol. The zero-order chi connectivity index (χ0) is 18.4. The molecular formula is C20H34ClO2P. The average Bonchev–Trinajstić information content (AvgIpc) is 2.54. The molecule has 0 aromatic heterocycles. The molecule has 0 fully saturated rings. The molecule has 0 aliphatic rings. The molecule has 0 spiro atoms. The van der Waals surface area contributed by atoms with Gasteiger partial charge in [-0.05, 0) is 44.2 Å². The van der Waals surface area contributed by atoms with E-state index in [2.05, 4.69) is 53.7 Å². The highest BCUT2D eigenvalue weighted by Gasteiger charge is 2.34. The van der Waals surface area contributed by atoms with Gasteiger partial charge < -0.3 is 9.47 Å². The highest BCUT2D eigenvalue weighted by atomic mass is 35.7. The van der Waals surface area contributed by atoms with E-state index < -0.39 is 0 Å². The maximum atomic E-state index is 6.56. The number of ether oxygens (including phenoxy) is 2. The van der Waals surface area contributed by atoms with E-state index in [0.717, 1.165) is 18.6 Å². The van der Waals surface area contributed by atoms with Crippen LogP contribution in [-0.4, -0.2) is 13.9 Å². The fourth-order valence-electron chi connectivity index (χ4n) is 3.02. The summed E-state index contributed by atoms with van der Waals surface area (Å²) in [6.45, 7) is 13.6. The van der Waals surface area contributed by atoms with Crippen LogP contribution >= 0.6 is 19.2 Å². The van der Waals surface area contributed by atoms with Crippen LogP contribution in [0.4, 0.5) is 0 Å². The van der Waals surface area contributed by atoms with E-state index in [4.69, 9.17) is 20.7 Å².